The zero-order valence-electron chi connectivity index (χ0n) is 12.2. The average molecular weight is 291 g/mol. The molecule has 3 aromatic rings. The highest BCUT2D eigenvalue weighted by atomic mass is 16.5. The number of ether oxygens (including phenoxy) is 1. The van der Waals surface area contributed by atoms with Crippen molar-refractivity contribution in [2.24, 2.45) is 0 Å². The van der Waals surface area contributed by atoms with Crippen molar-refractivity contribution in [1.82, 2.24) is 4.98 Å². The maximum absolute atomic E-state index is 12.1. The van der Waals surface area contributed by atoms with Crippen LogP contribution in [0.1, 0.15) is 21.6 Å². The van der Waals surface area contributed by atoms with Gasteiger partial charge < -0.3 is 9.72 Å². The molecule has 0 amide bonds. The molecule has 3 heteroatoms. The van der Waals surface area contributed by atoms with Crippen molar-refractivity contribution in [2.75, 3.05) is 0 Å². The normalized spacial score (nSPS) is 10.5. The zero-order valence-corrected chi connectivity index (χ0v) is 12.2. The minimum absolute atomic E-state index is 0.275. The van der Waals surface area contributed by atoms with Crippen LogP contribution in [0, 0.1) is 0 Å². The van der Waals surface area contributed by atoms with Crippen LogP contribution >= 0.6 is 0 Å². The van der Waals surface area contributed by atoms with Crippen molar-refractivity contribution in [3.8, 4) is 0 Å². The lowest BCUT2D eigenvalue weighted by Crippen LogP contribution is -2.05. The van der Waals surface area contributed by atoms with E-state index in [1.807, 2.05) is 54.6 Å². The highest BCUT2D eigenvalue weighted by Crippen LogP contribution is 2.18. The fourth-order valence-corrected chi connectivity index (χ4v) is 2.39. The molecule has 3 rings (SSSR count). The van der Waals surface area contributed by atoms with Crippen LogP contribution in [0.15, 0.2) is 67.3 Å². The minimum atomic E-state index is -0.342. The monoisotopic (exact) mass is 291 g/mol. The van der Waals surface area contributed by atoms with Crippen LogP contribution in [-0.2, 0) is 17.8 Å². The summed E-state index contributed by atoms with van der Waals surface area (Å²) in [5, 5.41) is 1.01. The summed E-state index contributed by atoms with van der Waals surface area (Å²) >= 11 is 0. The van der Waals surface area contributed by atoms with Gasteiger partial charge in [-0.25, -0.2) is 4.79 Å². The minimum Gasteiger partial charge on any atom is -0.456 e. The number of allylic oxidation sites excluding steroid dienone is 1. The molecule has 0 saturated carbocycles. The van der Waals surface area contributed by atoms with Gasteiger partial charge in [0.05, 0.1) is 0 Å². The van der Waals surface area contributed by atoms with Gasteiger partial charge in [-0.2, -0.15) is 0 Å². The highest BCUT2D eigenvalue weighted by molar-refractivity contribution is 5.95. The molecule has 3 nitrogen and oxygen atoms in total. The summed E-state index contributed by atoms with van der Waals surface area (Å²) in [6.45, 7) is 4.02. The van der Waals surface area contributed by atoms with Crippen molar-refractivity contribution in [2.45, 2.75) is 13.0 Å². The zero-order chi connectivity index (χ0) is 15.4. The number of benzene rings is 2. The van der Waals surface area contributed by atoms with Crippen LogP contribution in [0.2, 0.25) is 0 Å². The lowest BCUT2D eigenvalue weighted by molar-refractivity contribution is 0.0467. The van der Waals surface area contributed by atoms with E-state index in [0.29, 0.717) is 5.69 Å². The van der Waals surface area contributed by atoms with Gasteiger partial charge in [0.15, 0.2) is 0 Å². The standard InChI is InChI=1S/C19H17NO2/c1-2-6-14-9-10-17-16(11-14)12-18(20-17)19(21)22-13-15-7-4-3-5-8-15/h2-5,7-12,20H,1,6,13H2. The second kappa shape index (κ2) is 6.31. The highest BCUT2D eigenvalue weighted by Gasteiger charge is 2.11. The predicted molar refractivity (Wildman–Crippen MR) is 87.8 cm³/mol. The summed E-state index contributed by atoms with van der Waals surface area (Å²) in [4.78, 5) is 15.2. The molecule has 110 valence electrons. The Hall–Kier alpha value is -2.81. The van der Waals surface area contributed by atoms with Crippen LogP contribution in [-0.4, -0.2) is 11.0 Å². The first kappa shape index (κ1) is 14.1. The Balaban J connectivity index is 1.74. The number of aromatic nitrogens is 1. The van der Waals surface area contributed by atoms with Gasteiger partial charge in [-0.15, -0.1) is 6.58 Å². The molecule has 1 N–H and O–H groups in total. The Morgan fingerprint density at radius 2 is 1.91 bits per heavy atom. The van der Waals surface area contributed by atoms with Crippen molar-refractivity contribution in [3.05, 3.63) is 84.1 Å². The number of fused-ring (bicyclic) bond motifs is 1. The Morgan fingerprint density at radius 1 is 1.09 bits per heavy atom. The Morgan fingerprint density at radius 3 is 2.68 bits per heavy atom. The molecule has 1 heterocycles. The predicted octanol–water partition coefficient (Wildman–Crippen LogP) is 4.25. The van der Waals surface area contributed by atoms with E-state index in [1.54, 1.807) is 0 Å². The first-order valence-electron chi connectivity index (χ1n) is 7.20. The summed E-state index contributed by atoms with van der Waals surface area (Å²) in [7, 11) is 0. The van der Waals surface area contributed by atoms with Gasteiger partial charge in [0, 0.05) is 10.9 Å². The lowest BCUT2D eigenvalue weighted by atomic mass is 10.1. The largest absolute Gasteiger partial charge is 0.456 e. The number of nitrogens with one attached hydrogen (secondary N) is 1. The smallest absolute Gasteiger partial charge is 0.355 e. The van der Waals surface area contributed by atoms with E-state index in [9.17, 15) is 4.79 Å². The van der Waals surface area contributed by atoms with E-state index < -0.39 is 0 Å². The summed E-state index contributed by atoms with van der Waals surface area (Å²) in [6.07, 6.45) is 2.68. The Labute approximate surface area is 129 Å². The topological polar surface area (TPSA) is 42.1 Å². The second-order valence-corrected chi connectivity index (χ2v) is 5.16. The molecule has 2 aromatic carbocycles. The fraction of sp³-hybridized carbons (Fsp3) is 0.105. The summed E-state index contributed by atoms with van der Waals surface area (Å²) < 4.78 is 5.34. The van der Waals surface area contributed by atoms with Crippen LogP contribution in [0.25, 0.3) is 10.9 Å². The van der Waals surface area contributed by atoms with Gasteiger partial charge in [-0.05, 0) is 35.7 Å². The molecule has 0 unspecified atom stereocenters. The van der Waals surface area contributed by atoms with E-state index in [1.165, 1.54) is 5.56 Å². The number of hydrogen-bond donors (Lipinski definition) is 1. The molecule has 0 fully saturated rings. The molecule has 0 aliphatic heterocycles. The van der Waals surface area contributed by atoms with Crippen LogP contribution < -0.4 is 0 Å². The molecule has 0 spiro atoms. The summed E-state index contributed by atoms with van der Waals surface area (Å²) in [6, 6.07) is 17.5. The van der Waals surface area contributed by atoms with E-state index in [-0.39, 0.29) is 12.6 Å². The van der Waals surface area contributed by atoms with Gasteiger partial charge in [-0.3, -0.25) is 0 Å². The lowest BCUT2D eigenvalue weighted by Gasteiger charge is -2.02. The molecule has 0 saturated heterocycles. The van der Waals surface area contributed by atoms with Crippen molar-refractivity contribution < 1.29 is 9.53 Å². The number of hydrogen-bond acceptors (Lipinski definition) is 2. The molecule has 22 heavy (non-hydrogen) atoms. The molecule has 0 atom stereocenters. The van der Waals surface area contributed by atoms with Gasteiger partial charge in [0.25, 0.3) is 0 Å². The molecule has 0 bridgehead atoms. The quantitative estimate of drug-likeness (QED) is 0.564. The van der Waals surface area contributed by atoms with Crippen molar-refractivity contribution >= 4 is 16.9 Å². The fourth-order valence-electron chi connectivity index (χ4n) is 2.39. The van der Waals surface area contributed by atoms with Crippen LogP contribution in [0.5, 0.6) is 0 Å². The number of aromatic amines is 1. The number of H-pyrrole nitrogens is 1. The van der Waals surface area contributed by atoms with Crippen molar-refractivity contribution in [1.29, 1.82) is 0 Å². The van der Waals surface area contributed by atoms with Gasteiger partial charge in [0.1, 0.15) is 12.3 Å². The van der Waals surface area contributed by atoms with E-state index in [2.05, 4.69) is 17.6 Å². The SMILES string of the molecule is C=CCc1ccc2[nH]c(C(=O)OCc3ccccc3)cc2c1. The first-order chi connectivity index (χ1) is 10.8. The number of esters is 1. The van der Waals surface area contributed by atoms with Crippen LogP contribution in [0.4, 0.5) is 0 Å². The number of carbonyl (C=O) groups is 1. The molecule has 1 aromatic heterocycles. The third-order valence-corrected chi connectivity index (χ3v) is 3.50. The summed E-state index contributed by atoms with van der Waals surface area (Å²) in [5.41, 5.74) is 3.55. The molecule has 0 radical (unpaired) electrons. The molecular formula is C19H17NO2. The van der Waals surface area contributed by atoms with E-state index in [4.69, 9.17) is 4.74 Å². The first-order valence-corrected chi connectivity index (χ1v) is 7.20. The van der Waals surface area contributed by atoms with E-state index >= 15 is 0 Å². The average Bonchev–Trinajstić information content (AvgIpc) is 2.97. The third kappa shape index (κ3) is 3.09. The number of carbonyl (C=O) groups excluding carboxylic acids is 1. The van der Waals surface area contributed by atoms with Gasteiger partial charge in [0.2, 0.25) is 0 Å². The number of rotatable bonds is 5. The van der Waals surface area contributed by atoms with Gasteiger partial charge >= 0.3 is 5.97 Å². The molecule has 0 aliphatic rings. The van der Waals surface area contributed by atoms with E-state index in [0.717, 1.165) is 22.9 Å². The maximum Gasteiger partial charge on any atom is 0.355 e. The maximum atomic E-state index is 12.1. The molecule has 0 aliphatic carbocycles. The summed E-state index contributed by atoms with van der Waals surface area (Å²) in [5.74, 6) is -0.342. The van der Waals surface area contributed by atoms with Gasteiger partial charge in [-0.1, -0.05) is 42.5 Å². The Bertz CT molecular complexity index is 803. The Kier molecular flexibility index (Phi) is 4.05. The van der Waals surface area contributed by atoms with Crippen LogP contribution in [0.3, 0.4) is 0 Å². The van der Waals surface area contributed by atoms with Crippen molar-refractivity contribution in [3.63, 3.8) is 0 Å². The molecular weight excluding hydrogens is 274 g/mol. The second-order valence-electron chi connectivity index (χ2n) is 5.16. The third-order valence-electron chi connectivity index (χ3n) is 3.50.